The first-order valence-corrected chi connectivity index (χ1v) is 6.36. The van der Waals surface area contributed by atoms with E-state index >= 15 is 0 Å². The normalized spacial score (nSPS) is 10.2. The molecule has 0 heterocycles. The molecule has 5 heteroatoms. The second-order valence-corrected chi connectivity index (χ2v) is 4.25. The molecule has 1 aromatic carbocycles. The molecule has 0 aliphatic rings. The summed E-state index contributed by atoms with van der Waals surface area (Å²) in [5.41, 5.74) is 6.16. The fourth-order valence-corrected chi connectivity index (χ4v) is 1.61. The lowest BCUT2D eigenvalue weighted by molar-refractivity contribution is 0.0499. The molecule has 19 heavy (non-hydrogen) atoms. The Bertz CT molecular complexity index is 432. The van der Waals surface area contributed by atoms with Gasteiger partial charge in [-0.1, -0.05) is 12.1 Å². The van der Waals surface area contributed by atoms with Crippen molar-refractivity contribution < 1.29 is 14.6 Å². The topological polar surface area (TPSA) is 96.4 Å². The summed E-state index contributed by atoms with van der Waals surface area (Å²) in [6.45, 7) is 0.836. The minimum absolute atomic E-state index is 0.0804. The van der Waals surface area contributed by atoms with Gasteiger partial charge < -0.3 is 21.0 Å². The minimum Gasteiger partial charge on any atom is -0.507 e. The van der Waals surface area contributed by atoms with Crippen LogP contribution in [0.25, 0.3) is 0 Å². The van der Waals surface area contributed by atoms with E-state index in [9.17, 15) is 9.90 Å². The summed E-state index contributed by atoms with van der Waals surface area (Å²) < 4.78 is 5.04. The lowest BCUT2D eigenvalue weighted by Crippen LogP contribution is -2.09. The van der Waals surface area contributed by atoms with Gasteiger partial charge in [0.15, 0.2) is 0 Å². The number of rotatable bonds is 8. The van der Waals surface area contributed by atoms with E-state index in [1.807, 2.05) is 0 Å². The van der Waals surface area contributed by atoms with E-state index < -0.39 is 5.97 Å². The number of esters is 1. The first-order chi connectivity index (χ1) is 9.15. The summed E-state index contributed by atoms with van der Waals surface area (Å²) in [6, 6.07) is 6.27. The van der Waals surface area contributed by atoms with Crippen LogP contribution in [0.4, 0.5) is 0 Å². The summed E-state index contributed by atoms with van der Waals surface area (Å²) in [6.07, 6.45) is 2.73. The quantitative estimate of drug-likeness (QED) is 0.380. The molecule has 0 unspecified atom stereocenters. The maximum atomic E-state index is 11.6. The van der Waals surface area contributed by atoms with Gasteiger partial charge in [0.1, 0.15) is 11.3 Å². The fraction of sp³-hybridized carbons (Fsp3) is 0.429. The predicted octanol–water partition coefficient (Wildman–Crippen LogP) is 2.09. The van der Waals surface area contributed by atoms with Crippen molar-refractivity contribution in [1.29, 1.82) is 5.41 Å². The van der Waals surface area contributed by atoms with Gasteiger partial charge in [-0.05, 0) is 44.4 Å². The maximum Gasteiger partial charge on any atom is 0.341 e. The van der Waals surface area contributed by atoms with E-state index in [1.165, 1.54) is 12.1 Å². The van der Waals surface area contributed by atoms with Crippen molar-refractivity contribution in [2.45, 2.75) is 25.7 Å². The first kappa shape index (κ1) is 15.2. The standard InChI is InChI=1S/C14H20N2O3/c15-9-3-5-11(16)6-4-10-19-14(18)12-7-1-2-8-13(12)17/h1-2,7-8,16-17H,3-6,9-10,15H2. The van der Waals surface area contributed by atoms with Crippen molar-refractivity contribution in [3.05, 3.63) is 29.8 Å². The van der Waals surface area contributed by atoms with Crippen LogP contribution in [0.5, 0.6) is 5.75 Å². The van der Waals surface area contributed by atoms with Gasteiger partial charge >= 0.3 is 5.97 Å². The largest absolute Gasteiger partial charge is 0.507 e. The molecule has 0 fully saturated rings. The highest BCUT2D eigenvalue weighted by Gasteiger charge is 2.11. The molecule has 1 aromatic rings. The van der Waals surface area contributed by atoms with Gasteiger partial charge in [-0.2, -0.15) is 0 Å². The average Bonchev–Trinajstić information content (AvgIpc) is 2.41. The average molecular weight is 264 g/mol. The van der Waals surface area contributed by atoms with Crippen LogP contribution in [0.15, 0.2) is 24.3 Å². The number of benzene rings is 1. The van der Waals surface area contributed by atoms with Gasteiger partial charge in [0, 0.05) is 5.71 Å². The second-order valence-electron chi connectivity index (χ2n) is 4.25. The molecule has 0 atom stereocenters. The van der Waals surface area contributed by atoms with E-state index in [2.05, 4.69) is 0 Å². The van der Waals surface area contributed by atoms with Crippen molar-refractivity contribution >= 4 is 11.7 Å². The zero-order valence-corrected chi connectivity index (χ0v) is 10.9. The van der Waals surface area contributed by atoms with Crippen LogP contribution in [0.2, 0.25) is 0 Å². The summed E-state index contributed by atoms with van der Waals surface area (Å²) in [5, 5.41) is 17.1. The number of phenols is 1. The Morgan fingerprint density at radius 2 is 1.95 bits per heavy atom. The minimum atomic E-state index is -0.536. The summed E-state index contributed by atoms with van der Waals surface area (Å²) in [5.74, 6) is -0.616. The number of hydrogen-bond donors (Lipinski definition) is 3. The van der Waals surface area contributed by atoms with Crippen LogP contribution >= 0.6 is 0 Å². The number of hydrogen-bond acceptors (Lipinski definition) is 5. The van der Waals surface area contributed by atoms with Crippen LogP contribution < -0.4 is 5.73 Å². The number of carbonyl (C=O) groups is 1. The van der Waals surface area contributed by atoms with E-state index in [-0.39, 0.29) is 17.9 Å². The predicted molar refractivity (Wildman–Crippen MR) is 73.6 cm³/mol. The number of carbonyl (C=O) groups excluding carboxylic acids is 1. The number of nitrogens with one attached hydrogen (secondary N) is 1. The van der Waals surface area contributed by atoms with Gasteiger partial charge in [-0.3, -0.25) is 0 Å². The zero-order chi connectivity index (χ0) is 14.1. The van der Waals surface area contributed by atoms with Gasteiger partial charge in [-0.15, -0.1) is 0 Å². The van der Waals surface area contributed by atoms with E-state index in [1.54, 1.807) is 12.1 Å². The van der Waals surface area contributed by atoms with E-state index in [4.69, 9.17) is 15.9 Å². The number of ether oxygens (including phenoxy) is 1. The molecule has 0 spiro atoms. The lowest BCUT2D eigenvalue weighted by Gasteiger charge is -2.06. The van der Waals surface area contributed by atoms with Crippen molar-refractivity contribution in [1.82, 2.24) is 0 Å². The molecule has 0 amide bonds. The van der Waals surface area contributed by atoms with Crippen LogP contribution in [0.1, 0.15) is 36.0 Å². The lowest BCUT2D eigenvalue weighted by atomic mass is 10.1. The Morgan fingerprint density at radius 1 is 1.26 bits per heavy atom. The van der Waals surface area contributed by atoms with Crippen molar-refractivity contribution in [2.24, 2.45) is 5.73 Å². The van der Waals surface area contributed by atoms with Gasteiger partial charge in [0.2, 0.25) is 0 Å². The van der Waals surface area contributed by atoms with Crippen LogP contribution in [-0.4, -0.2) is 29.9 Å². The number of nitrogens with two attached hydrogens (primary N) is 1. The fourth-order valence-electron chi connectivity index (χ4n) is 1.61. The Morgan fingerprint density at radius 3 is 2.63 bits per heavy atom. The molecule has 1 rings (SSSR count). The molecule has 0 saturated carbocycles. The molecule has 0 bridgehead atoms. The molecule has 104 valence electrons. The van der Waals surface area contributed by atoms with Crippen LogP contribution in [0, 0.1) is 5.41 Å². The molecule has 0 saturated heterocycles. The second kappa shape index (κ2) is 8.26. The SMILES string of the molecule is N=C(CCCN)CCCOC(=O)c1ccccc1O. The zero-order valence-electron chi connectivity index (χ0n) is 10.9. The highest BCUT2D eigenvalue weighted by molar-refractivity contribution is 5.92. The summed E-state index contributed by atoms with van der Waals surface area (Å²) >= 11 is 0. The maximum absolute atomic E-state index is 11.6. The molecule has 0 aliphatic carbocycles. The van der Waals surface area contributed by atoms with E-state index in [0.717, 1.165) is 6.42 Å². The Balaban J connectivity index is 2.25. The van der Waals surface area contributed by atoms with Gasteiger partial charge in [0.25, 0.3) is 0 Å². The molecular weight excluding hydrogens is 244 g/mol. The highest BCUT2D eigenvalue weighted by Crippen LogP contribution is 2.16. The van der Waals surface area contributed by atoms with Gasteiger partial charge in [-0.25, -0.2) is 4.79 Å². The van der Waals surface area contributed by atoms with E-state index in [0.29, 0.717) is 31.5 Å². The molecule has 4 N–H and O–H groups in total. The molecule has 5 nitrogen and oxygen atoms in total. The number of para-hydroxylation sites is 1. The number of aromatic hydroxyl groups is 1. The monoisotopic (exact) mass is 264 g/mol. The Labute approximate surface area is 112 Å². The van der Waals surface area contributed by atoms with Gasteiger partial charge in [0.05, 0.1) is 6.61 Å². The Hall–Kier alpha value is -1.88. The molecular formula is C14H20N2O3. The Kier molecular flexibility index (Phi) is 6.60. The third-order valence-electron chi connectivity index (χ3n) is 2.66. The summed E-state index contributed by atoms with van der Waals surface area (Å²) in [4.78, 5) is 11.6. The third kappa shape index (κ3) is 5.52. The summed E-state index contributed by atoms with van der Waals surface area (Å²) in [7, 11) is 0. The molecule has 0 aliphatic heterocycles. The van der Waals surface area contributed by atoms with Crippen LogP contribution in [0.3, 0.4) is 0 Å². The smallest absolute Gasteiger partial charge is 0.341 e. The highest BCUT2D eigenvalue weighted by atomic mass is 16.5. The van der Waals surface area contributed by atoms with Crippen molar-refractivity contribution in [3.8, 4) is 5.75 Å². The molecule has 0 aromatic heterocycles. The molecule has 0 radical (unpaired) electrons. The van der Waals surface area contributed by atoms with Crippen molar-refractivity contribution in [3.63, 3.8) is 0 Å². The van der Waals surface area contributed by atoms with Crippen LogP contribution in [-0.2, 0) is 4.74 Å². The van der Waals surface area contributed by atoms with Crippen molar-refractivity contribution in [2.75, 3.05) is 13.2 Å². The third-order valence-corrected chi connectivity index (χ3v) is 2.66. The first-order valence-electron chi connectivity index (χ1n) is 6.36. The number of phenolic OH excluding ortho intramolecular Hbond substituents is 1.